The predicted octanol–water partition coefficient (Wildman–Crippen LogP) is 1.84. The van der Waals surface area contributed by atoms with Gasteiger partial charge in [0.2, 0.25) is 5.88 Å². The third kappa shape index (κ3) is 1.49. The maximum atomic E-state index is 5.65. The van der Waals surface area contributed by atoms with E-state index in [0.29, 0.717) is 0 Å². The highest BCUT2D eigenvalue weighted by molar-refractivity contribution is 5.91. The average Bonchev–Trinajstić information content (AvgIpc) is 2.74. The van der Waals surface area contributed by atoms with Gasteiger partial charge in [0.25, 0.3) is 0 Å². The maximum absolute atomic E-state index is 5.65. The monoisotopic (exact) mass is 202 g/mol. The van der Waals surface area contributed by atoms with Gasteiger partial charge in [-0.3, -0.25) is 0 Å². The first-order valence-corrected chi connectivity index (χ1v) is 5.37. The zero-order valence-electron chi connectivity index (χ0n) is 8.57. The number of rotatable bonds is 1. The number of furan rings is 1. The van der Waals surface area contributed by atoms with Gasteiger partial charge in [0.15, 0.2) is 0 Å². The maximum Gasteiger partial charge on any atom is 0.203 e. The summed E-state index contributed by atoms with van der Waals surface area (Å²) in [5.41, 5.74) is 0. The molecule has 0 amide bonds. The van der Waals surface area contributed by atoms with Crippen LogP contribution in [0.25, 0.3) is 10.8 Å². The van der Waals surface area contributed by atoms with Gasteiger partial charge < -0.3 is 14.6 Å². The lowest BCUT2D eigenvalue weighted by Crippen LogP contribution is -2.43. The lowest BCUT2D eigenvalue weighted by Gasteiger charge is -2.27. The molecule has 3 rings (SSSR count). The summed E-state index contributed by atoms with van der Waals surface area (Å²) in [7, 11) is 0. The third-order valence-electron chi connectivity index (χ3n) is 2.89. The number of nitrogens with zero attached hydrogens (tertiary/aromatic N) is 1. The fourth-order valence-corrected chi connectivity index (χ4v) is 2.09. The Morgan fingerprint density at radius 2 is 1.93 bits per heavy atom. The molecule has 1 saturated heterocycles. The summed E-state index contributed by atoms with van der Waals surface area (Å²) in [4.78, 5) is 2.30. The average molecular weight is 202 g/mol. The summed E-state index contributed by atoms with van der Waals surface area (Å²) in [5, 5.41) is 5.75. The Morgan fingerprint density at radius 1 is 1.13 bits per heavy atom. The van der Waals surface area contributed by atoms with E-state index in [-0.39, 0.29) is 0 Å². The molecule has 0 atom stereocenters. The first-order chi connectivity index (χ1) is 7.45. The van der Waals surface area contributed by atoms with Crippen LogP contribution in [0.15, 0.2) is 34.9 Å². The van der Waals surface area contributed by atoms with E-state index in [2.05, 4.69) is 28.4 Å². The molecule has 0 spiro atoms. The summed E-state index contributed by atoms with van der Waals surface area (Å²) < 4.78 is 5.65. The highest BCUT2D eigenvalue weighted by Crippen LogP contribution is 2.28. The van der Waals surface area contributed by atoms with Gasteiger partial charge in [0, 0.05) is 37.0 Å². The van der Waals surface area contributed by atoms with E-state index < -0.39 is 0 Å². The van der Waals surface area contributed by atoms with Crippen molar-refractivity contribution < 1.29 is 4.42 Å². The van der Waals surface area contributed by atoms with Crippen molar-refractivity contribution >= 4 is 16.7 Å². The van der Waals surface area contributed by atoms with E-state index in [9.17, 15) is 0 Å². The quantitative estimate of drug-likeness (QED) is 0.765. The van der Waals surface area contributed by atoms with Gasteiger partial charge in [-0.1, -0.05) is 18.2 Å². The van der Waals surface area contributed by atoms with Gasteiger partial charge in [-0.05, 0) is 6.07 Å². The highest BCUT2D eigenvalue weighted by atomic mass is 16.3. The Labute approximate surface area is 88.7 Å². The first kappa shape index (κ1) is 8.80. The van der Waals surface area contributed by atoms with Crippen LogP contribution in [-0.4, -0.2) is 26.2 Å². The summed E-state index contributed by atoms with van der Waals surface area (Å²) in [5.74, 6) is 1.02. The van der Waals surface area contributed by atoms with Crippen molar-refractivity contribution in [2.24, 2.45) is 0 Å². The molecule has 1 N–H and O–H groups in total. The smallest absolute Gasteiger partial charge is 0.203 e. The fraction of sp³-hybridized carbons (Fsp3) is 0.333. The molecule has 1 aliphatic heterocycles. The minimum absolute atomic E-state index is 1.02. The van der Waals surface area contributed by atoms with E-state index in [1.54, 1.807) is 0 Å². The molecular weight excluding hydrogens is 188 g/mol. The summed E-state index contributed by atoms with van der Waals surface area (Å²) in [6, 6.07) is 8.31. The third-order valence-corrected chi connectivity index (χ3v) is 2.89. The van der Waals surface area contributed by atoms with Crippen LogP contribution in [0.1, 0.15) is 0 Å². The molecule has 0 unspecified atom stereocenters. The van der Waals surface area contributed by atoms with Crippen molar-refractivity contribution in [1.29, 1.82) is 0 Å². The van der Waals surface area contributed by atoms with Gasteiger partial charge >= 0.3 is 0 Å². The van der Waals surface area contributed by atoms with Gasteiger partial charge in [-0.25, -0.2) is 0 Å². The molecule has 1 aliphatic rings. The molecule has 0 bridgehead atoms. The second-order valence-corrected chi connectivity index (χ2v) is 3.87. The summed E-state index contributed by atoms with van der Waals surface area (Å²) in [6.45, 7) is 4.12. The number of hydrogen-bond donors (Lipinski definition) is 1. The molecule has 3 nitrogen and oxygen atoms in total. The largest absolute Gasteiger partial charge is 0.448 e. The molecule has 2 aromatic rings. The van der Waals surface area contributed by atoms with Crippen molar-refractivity contribution in [3.8, 4) is 0 Å². The van der Waals surface area contributed by atoms with Crippen LogP contribution in [0.5, 0.6) is 0 Å². The molecule has 3 heteroatoms. The lowest BCUT2D eigenvalue weighted by molar-refractivity contribution is 0.511. The van der Waals surface area contributed by atoms with Gasteiger partial charge in [0.05, 0.1) is 0 Å². The topological polar surface area (TPSA) is 28.4 Å². The molecule has 1 fully saturated rings. The number of fused-ring (bicyclic) bond motifs is 1. The van der Waals surface area contributed by atoms with Crippen LogP contribution < -0.4 is 10.2 Å². The molecule has 1 aromatic heterocycles. The normalized spacial score (nSPS) is 17.2. The van der Waals surface area contributed by atoms with E-state index in [4.69, 9.17) is 4.42 Å². The van der Waals surface area contributed by atoms with E-state index in [1.165, 1.54) is 10.8 Å². The van der Waals surface area contributed by atoms with Crippen LogP contribution in [-0.2, 0) is 0 Å². The number of piperazine rings is 1. The zero-order chi connectivity index (χ0) is 10.1. The highest BCUT2D eigenvalue weighted by Gasteiger charge is 2.15. The number of nitrogens with one attached hydrogen (secondary N) is 1. The number of hydrogen-bond acceptors (Lipinski definition) is 3. The molecule has 78 valence electrons. The number of benzene rings is 1. The second-order valence-electron chi connectivity index (χ2n) is 3.87. The van der Waals surface area contributed by atoms with Crippen molar-refractivity contribution in [3.63, 3.8) is 0 Å². The molecule has 15 heavy (non-hydrogen) atoms. The fourth-order valence-electron chi connectivity index (χ4n) is 2.09. The van der Waals surface area contributed by atoms with E-state index >= 15 is 0 Å². The minimum Gasteiger partial charge on any atom is -0.448 e. The molecule has 0 saturated carbocycles. The molecule has 0 radical (unpaired) electrons. The molecular formula is C12H14N2O. The van der Waals surface area contributed by atoms with Gasteiger partial charge in [-0.2, -0.15) is 0 Å². The first-order valence-electron chi connectivity index (χ1n) is 5.37. The molecule has 1 aromatic carbocycles. The lowest BCUT2D eigenvalue weighted by atomic mass is 10.2. The van der Waals surface area contributed by atoms with Crippen LogP contribution in [0.3, 0.4) is 0 Å². The summed E-state index contributed by atoms with van der Waals surface area (Å²) in [6.07, 6.45) is 1.84. The standard InChI is InChI=1S/C12H14N2O/c1-2-4-11-10(3-1)9-15-12(11)14-7-5-13-6-8-14/h1-4,9,13H,5-8H2. The van der Waals surface area contributed by atoms with Crippen LogP contribution in [0, 0.1) is 0 Å². The number of anilines is 1. The Bertz CT molecular complexity index is 457. The molecule has 2 heterocycles. The van der Waals surface area contributed by atoms with Crippen molar-refractivity contribution in [3.05, 3.63) is 30.5 Å². The van der Waals surface area contributed by atoms with E-state index in [1.807, 2.05) is 12.3 Å². The van der Waals surface area contributed by atoms with Gasteiger partial charge in [0.1, 0.15) is 6.26 Å². The molecule has 0 aliphatic carbocycles. The van der Waals surface area contributed by atoms with Crippen molar-refractivity contribution in [2.75, 3.05) is 31.1 Å². The second kappa shape index (κ2) is 3.59. The van der Waals surface area contributed by atoms with Crippen LogP contribution in [0.4, 0.5) is 5.88 Å². The zero-order valence-corrected chi connectivity index (χ0v) is 8.57. The van der Waals surface area contributed by atoms with E-state index in [0.717, 1.165) is 32.1 Å². The Hall–Kier alpha value is -1.48. The minimum atomic E-state index is 1.02. The SMILES string of the molecule is c1ccc2c(N3CCNCC3)occ2c1. The van der Waals surface area contributed by atoms with Gasteiger partial charge in [-0.15, -0.1) is 0 Å². The Morgan fingerprint density at radius 3 is 2.80 bits per heavy atom. The van der Waals surface area contributed by atoms with Crippen molar-refractivity contribution in [1.82, 2.24) is 5.32 Å². The Balaban J connectivity index is 2.02. The van der Waals surface area contributed by atoms with Crippen LogP contribution >= 0.6 is 0 Å². The Kier molecular flexibility index (Phi) is 2.10. The van der Waals surface area contributed by atoms with Crippen molar-refractivity contribution in [2.45, 2.75) is 0 Å². The summed E-state index contributed by atoms with van der Waals surface area (Å²) >= 11 is 0. The predicted molar refractivity (Wildman–Crippen MR) is 61.3 cm³/mol. The van der Waals surface area contributed by atoms with Crippen LogP contribution in [0.2, 0.25) is 0 Å².